The van der Waals surface area contributed by atoms with Gasteiger partial charge in [-0.05, 0) is 43.7 Å². The molecule has 0 aliphatic heterocycles. The number of hydrogen-bond donors (Lipinski definition) is 0. The van der Waals surface area contributed by atoms with Crippen molar-refractivity contribution in [3.63, 3.8) is 0 Å². The highest BCUT2D eigenvalue weighted by atomic mass is 32.1. The number of anilines is 1. The molecule has 0 saturated carbocycles. The molecule has 2 rings (SSSR count). The van der Waals surface area contributed by atoms with Crippen molar-refractivity contribution < 1.29 is 27.9 Å². The Kier molecular flexibility index (Phi) is 7.33. The van der Waals surface area contributed by atoms with Crippen molar-refractivity contribution in [3.05, 3.63) is 46.5 Å². The van der Waals surface area contributed by atoms with Crippen molar-refractivity contribution >= 4 is 34.8 Å². The number of nitrogens with zero attached hydrogens (tertiary/aromatic N) is 2. The lowest BCUT2D eigenvalue weighted by Gasteiger charge is -2.17. The minimum Gasteiger partial charge on any atom is -0.461 e. The number of hydrogen-bond acceptors (Lipinski definition) is 6. The van der Waals surface area contributed by atoms with Gasteiger partial charge in [-0.2, -0.15) is 8.78 Å². The molecule has 0 N–H and O–H groups in total. The van der Waals surface area contributed by atoms with Crippen LogP contribution in [0, 0.1) is 6.92 Å². The summed E-state index contributed by atoms with van der Waals surface area (Å²) in [5.41, 5.74) is 1.48. The van der Waals surface area contributed by atoms with Crippen molar-refractivity contribution in [1.82, 2.24) is 4.98 Å². The van der Waals surface area contributed by atoms with E-state index < -0.39 is 23.9 Å². The van der Waals surface area contributed by atoms with Gasteiger partial charge < -0.3 is 4.74 Å². The minimum atomic E-state index is -1.77. The molecule has 0 aliphatic rings. The normalized spacial score (nSPS) is 10.4. The van der Waals surface area contributed by atoms with Gasteiger partial charge in [-0.25, -0.2) is 9.78 Å². The van der Waals surface area contributed by atoms with Gasteiger partial charge in [0, 0.05) is 25.8 Å². The SMILES string of the molecule is CC(=O)N(C(C)=O)c1ccc(-c2nc(C)c(C(=O)OCCC(C)=C(F)F)s2)cc1. The third-order valence-corrected chi connectivity index (χ3v) is 5.20. The van der Waals surface area contributed by atoms with E-state index >= 15 is 0 Å². The molecule has 2 amide bonds. The fraction of sp³-hybridized carbons (Fsp3) is 0.300. The molecule has 1 heterocycles. The van der Waals surface area contributed by atoms with E-state index in [1.54, 1.807) is 31.2 Å². The summed E-state index contributed by atoms with van der Waals surface area (Å²) in [6.45, 7) is 5.40. The van der Waals surface area contributed by atoms with Crippen LogP contribution in [-0.4, -0.2) is 29.4 Å². The maximum Gasteiger partial charge on any atom is 0.350 e. The molecule has 154 valence electrons. The van der Waals surface area contributed by atoms with Gasteiger partial charge in [0.05, 0.1) is 18.0 Å². The molecular formula is C20H20F2N2O4S. The zero-order chi connectivity index (χ0) is 21.7. The van der Waals surface area contributed by atoms with Gasteiger partial charge in [0.15, 0.2) is 0 Å². The summed E-state index contributed by atoms with van der Waals surface area (Å²) in [6.07, 6.45) is -1.81. The third kappa shape index (κ3) is 5.54. The molecule has 0 unspecified atom stereocenters. The summed E-state index contributed by atoms with van der Waals surface area (Å²) < 4.78 is 29.8. The number of ether oxygens (including phenoxy) is 1. The van der Waals surface area contributed by atoms with Gasteiger partial charge >= 0.3 is 5.97 Å². The van der Waals surface area contributed by atoms with Gasteiger partial charge in [-0.3, -0.25) is 14.5 Å². The number of imide groups is 1. The Hall–Kier alpha value is -2.94. The number of carbonyl (C=O) groups excluding carboxylic acids is 3. The Balaban J connectivity index is 2.15. The number of carbonyl (C=O) groups is 3. The maximum atomic E-state index is 12.4. The highest BCUT2D eigenvalue weighted by Crippen LogP contribution is 2.30. The van der Waals surface area contributed by atoms with Gasteiger partial charge in [0.1, 0.15) is 9.88 Å². The smallest absolute Gasteiger partial charge is 0.350 e. The number of aromatic nitrogens is 1. The minimum absolute atomic E-state index is 0.0386. The second kappa shape index (κ2) is 9.51. The second-order valence-electron chi connectivity index (χ2n) is 6.28. The van der Waals surface area contributed by atoms with Crippen LogP contribution < -0.4 is 4.90 Å². The van der Waals surface area contributed by atoms with Gasteiger partial charge in [-0.1, -0.05) is 0 Å². The number of benzene rings is 1. The van der Waals surface area contributed by atoms with E-state index in [1.807, 2.05) is 0 Å². The molecule has 0 aliphatic carbocycles. The Morgan fingerprint density at radius 1 is 1.07 bits per heavy atom. The Labute approximate surface area is 170 Å². The lowest BCUT2D eigenvalue weighted by molar-refractivity contribution is -0.124. The van der Waals surface area contributed by atoms with E-state index in [1.165, 1.54) is 20.8 Å². The number of thiazole rings is 1. The summed E-state index contributed by atoms with van der Waals surface area (Å²) in [7, 11) is 0. The third-order valence-electron chi connectivity index (χ3n) is 4.02. The van der Waals surface area contributed by atoms with Gasteiger partial charge in [-0.15, -0.1) is 11.3 Å². The molecule has 2 aromatic rings. The first-order chi connectivity index (χ1) is 13.6. The summed E-state index contributed by atoms with van der Waals surface area (Å²) in [4.78, 5) is 41.2. The van der Waals surface area contributed by atoms with E-state index in [-0.39, 0.29) is 18.6 Å². The lowest BCUT2D eigenvalue weighted by atomic mass is 10.2. The summed E-state index contributed by atoms with van der Waals surface area (Å²) in [5.74, 6) is -1.40. The molecule has 0 atom stereocenters. The van der Waals surface area contributed by atoms with E-state index in [9.17, 15) is 23.2 Å². The largest absolute Gasteiger partial charge is 0.461 e. The van der Waals surface area contributed by atoms with Crippen LogP contribution in [-0.2, 0) is 14.3 Å². The number of amides is 2. The van der Waals surface area contributed by atoms with Crippen molar-refractivity contribution in [2.24, 2.45) is 0 Å². The average molecular weight is 422 g/mol. The van der Waals surface area contributed by atoms with Crippen LogP contribution in [0.4, 0.5) is 14.5 Å². The van der Waals surface area contributed by atoms with E-state index in [0.29, 0.717) is 26.8 Å². The number of aryl methyl sites for hydroxylation is 1. The van der Waals surface area contributed by atoms with Crippen LogP contribution in [0.3, 0.4) is 0 Å². The molecule has 0 saturated heterocycles. The molecular weight excluding hydrogens is 402 g/mol. The molecule has 1 aromatic carbocycles. The van der Waals surface area contributed by atoms with Crippen LogP contribution >= 0.6 is 11.3 Å². The summed E-state index contributed by atoms with van der Waals surface area (Å²) in [6, 6.07) is 6.63. The van der Waals surface area contributed by atoms with Crippen LogP contribution in [0.15, 0.2) is 35.9 Å². The number of esters is 1. The molecule has 0 spiro atoms. The van der Waals surface area contributed by atoms with Crippen LogP contribution in [0.1, 0.15) is 42.6 Å². The fourth-order valence-electron chi connectivity index (χ4n) is 2.50. The van der Waals surface area contributed by atoms with Crippen molar-refractivity contribution in [3.8, 4) is 10.6 Å². The Morgan fingerprint density at radius 3 is 2.17 bits per heavy atom. The number of halogens is 2. The highest BCUT2D eigenvalue weighted by Gasteiger charge is 2.19. The second-order valence-corrected chi connectivity index (χ2v) is 7.28. The topological polar surface area (TPSA) is 76.6 Å². The zero-order valence-electron chi connectivity index (χ0n) is 16.4. The highest BCUT2D eigenvalue weighted by molar-refractivity contribution is 7.17. The molecule has 29 heavy (non-hydrogen) atoms. The Bertz CT molecular complexity index is 949. The first-order valence-electron chi connectivity index (χ1n) is 8.68. The monoisotopic (exact) mass is 422 g/mol. The predicted octanol–water partition coefficient (Wildman–Crippen LogP) is 4.74. The van der Waals surface area contributed by atoms with Crippen LogP contribution in [0.5, 0.6) is 0 Å². The quantitative estimate of drug-likeness (QED) is 0.629. The summed E-state index contributed by atoms with van der Waals surface area (Å²) in [5, 5.41) is 0.559. The fourth-order valence-corrected chi connectivity index (χ4v) is 3.47. The molecule has 0 bridgehead atoms. The average Bonchev–Trinajstić information content (AvgIpc) is 3.03. The molecule has 6 nitrogen and oxygen atoms in total. The van der Waals surface area contributed by atoms with Crippen molar-refractivity contribution in [1.29, 1.82) is 0 Å². The molecule has 0 radical (unpaired) electrons. The standard InChI is InChI=1S/C20H20F2N2O4S/c1-11(18(21)22)9-10-28-20(27)17-12(2)23-19(29-17)15-5-7-16(8-6-15)24(13(3)25)14(4)26/h5-8H,9-10H2,1-4H3. The number of rotatable bonds is 6. The van der Waals surface area contributed by atoms with Crippen LogP contribution in [0.2, 0.25) is 0 Å². The van der Waals surface area contributed by atoms with Crippen molar-refractivity contribution in [2.75, 3.05) is 11.5 Å². The van der Waals surface area contributed by atoms with E-state index in [2.05, 4.69) is 4.98 Å². The van der Waals surface area contributed by atoms with Crippen molar-refractivity contribution in [2.45, 2.75) is 34.1 Å². The first-order valence-corrected chi connectivity index (χ1v) is 9.50. The van der Waals surface area contributed by atoms with E-state index in [0.717, 1.165) is 16.2 Å². The van der Waals surface area contributed by atoms with Gasteiger partial charge in [0.25, 0.3) is 6.08 Å². The molecule has 0 fully saturated rings. The maximum absolute atomic E-state index is 12.4. The molecule has 9 heteroatoms. The first kappa shape index (κ1) is 22.4. The van der Waals surface area contributed by atoms with E-state index in [4.69, 9.17) is 4.74 Å². The summed E-state index contributed by atoms with van der Waals surface area (Å²) >= 11 is 1.12. The van der Waals surface area contributed by atoms with Gasteiger partial charge in [0.2, 0.25) is 11.8 Å². The predicted molar refractivity (Wildman–Crippen MR) is 106 cm³/mol. The molecule has 1 aromatic heterocycles. The van der Waals surface area contributed by atoms with Crippen LogP contribution in [0.25, 0.3) is 10.6 Å². The Morgan fingerprint density at radius 2 is 1.66 bits per heavy atom. The zero-order valence-corrected chi connectivity index (χ0v) is 17.2. The lowest BCUT2D eigenvalue weighted by Crippen LogP contribution is -2.32.